The first kappa shape index (κ1) is 32.6. The fraction of sp³-hybridized carbons (Fsp3) is 0.781. The zero-order valence-electron chi connectivity index (χ0n) is 25.8. The first-order valence-corrected chi connectivity index (χ1v) is 15.9. The van der Waals surface area contributed by atoms with E-state index in [0.29, 0.717) is 58.5 Å². The van der Waals surface area contributed by atoms with Crippen molar-refractivity contribution < 1.29 is 33.7 Å². The molecule has 1 spiro atoms. The number of esters is 1. The van der Waals surface area contributed by atoms with E-state index in [4.69, 9.17) is 14.2 Å². The van der Waals surface area contributed by atoms with Crippen LogP contribution >= 0.6 is 0 Å². The number of rotatable bonds is 16. The Morgan fingerprint density at radius 1 is 1.21 bits per heavy atom. The van der Waals surface area contributed by atoms with E-state index < -0.39 is 41.1 Å². The maximum atomic E-state index is 14.7. The second-order valence-electron chi connectivity index (χ2n) is 12.3. The second-order valence-corrected chi connectivity index (χ2v) is 12.3. The molecule has 0 aromatic heterocycles. The highest BCUT2D eigenvalue weighted by Crippen LogP contribution is 2.65. The van der Waals surface area contributed by atoms with Crippen molar-refractivity contribution in [3.63, 3.8) is 0 Å². The summed E-state index contributed by atoms with van der Waals surface area (Å²) in [5.74, 6) is -2.64. The summed E-state index contributed by atoms with van der Waals surface area (Å²) in [7, 11) is 0. The van der Waals surface area contributed by atoms with E-state index in [2.05, 4.69) is 18.1 Å². The summed E-state index contributed by atoms with van der Waals surface area (Å²) in [4.78, 5) is 48.5. The van der Waals surface area contributed by atoms with E-state index in [0.717, 1.165) is 25.9 Å². The molecule has 2 unspecified atom stereocenters. The zero-order chi connectivity index (χ0) is 30.5. The summed E-state index contributed by atoms with van der Waals surface area (Å²) in [5.41, 5.74) is -2.02. The minimum absolute atomic E-state index is 0.0627. The predicted molar refractivity (Wildman–Crippen MR) is 158 cm³/mol. The molecule has 4 rings (SSSR count). The van der Waals surface area contributed by atoms with Crippen LogP contribution in [0.4, 0.5) is 0 Å². The molecule has 236 valence electrons. The van der Waals surface area contributed by atoms with Crippen LogP contribution in [0.15, 0.2) is 25.3 Å². The molecule has 7 atom stereocenters. The van der Waals surface area contributed by atoms with Crippen LogP contribution in [0.1, 0.15) is 59.3 Å². The van der Waals surface area contributed by atoms with Crippen LogP contribution in [0.2, 0.25) is 0 Å². The molecule has 4 saturated heterocycles. The lowest BCUT2D eigenvalue weighted by Gasteiger charge is -2.41. The first-order valence-electron chi connectivity index (χ1n) is 15.9. The Labute approximate surface area is 251 Å². The fourth-order valence-electron chi connectivity index (χ4n) is 7.66. The van der Waals surface area contributed by atoms with Crippen LogP contribution in [0, 0.1) is 17.8 Å². The van der Waals surface area contributed by atoms with Gasteiger partial charge in [0.1, 0.15) is 17.6 Å². The number of aliphatic hydroxyl groups is 1. The number of carbonyl (C=O) groups is 3. The van der Waals surface area contributed by atoms with Crippen molar-refractivity contribution >= 4 is 17.8 Å². The molecule has 0 aromatic carbocycles. The highest BCUT2D eigenvalue weighted by Gasteiger charge is 2.79. The molecule has 0 aromatic rings. The summed E-state index contributed by atoms with van der Waals surface area (Å²) in [6, 6.07) is -1.52. The number of amides is 2. The minimum Gasteiger partial charge on any atom is -0.465 e. The molecular formula is C32H51N3O7. The number of ether oxygens (including phenoxy) is 3. The van der Waals surface area contributed by atoms with Crippen molar-refractivity contribution in [2.24, 2.45) is 17.8 Å². The summed E-state index contributed by atoms with van der Waals surface area (Å²) >= 11 is 0. The third-order valence-electron chi connectivity index (χ3n) is 10.2. The van der Waals surface area contributed by atoms with Gasteiger partial charge in [0.25, 0.3) is 0 Å². The van der Waals surface area contributed by atoms with Crippen LogP contribution in [0.5, 0.6) is 0 Å². The van der Waals surface area contributed by atoms with Gasteiger partial charge < -0.3 is 29.1 Å². The Morgan fingerprint density at radius 2 is 1.95 bits per heavy atom. The molecule has 4 heterocycles. The Kier molecular flexibility index (Phi) is 10.9. The monoisotopic (exact) mass is 589 g/mol. The summed E-state index contributed by atoms with van der Waals surface area (Å²) < 4.78 is 18.1. The van der Waals surface area contributed by atoms with E-state index in [1.165, 1.54) is 0 Å². The van der Waals surface area contributed by atoms with Crippen LogP contribution in [-0.2, 0) is 28.6 Å². The number of likely N-dealkylation sites (tertiary alicyclic amines) is 1. The zero-order valence-corrected chi connectivity index (χ0v) is 25.8. The lowest BCUT2D eigenvalue weighted by Crippen LogP contribution is -2.60. The number of hydrogen-bond donors (Lipinski definition) is 1. The van der Waals surface area contributed by atoms with Crippen molar-refractivity contribution in [3.8, 4) is 0 Å². The topological polar surface area (TPSA) is 109 Å². The van der Waals surface area contributed by atoms with E-state index in [9.17, 15) is 19.5 Å². The molecular weight excluding hydrogens is 538 g/mol. The van der Waals surface area contributed by atoms with Gasteiger partial charge in [0.2, 0.25) is 11.8 Å². The Morgan fingerprint density at radius 3 is 2.57 bits per heavy atom. The van der Waals surface area contributed by atoms with E-state index in [-0.39, 0.29) is 30.9 Å². The predicted octanol–water partition coefficient (Wildman–Crippen LogP) is 2.40. The van der Waals surface area contributed by atoms with Crippen molar-refractivity contribution in [1.82, 2.24) is 14.7 Å². The Hall–Kier alpha value is -2.27. The average Bonchev–Trinajstić information content (AvgIpc) is 3.61. The SMILES string of the molecule is C=CCCCOC(=O)[C@@H]1[C@H]2C(=O)N([C@@H](CO)[C@@H](C)CC)C(C(=O)N(CC=C)CCN3CCOCC3)C23CC[C@@]1(CC)O3. The molecule has 0 saturated carbocycles. The average molecular weight is 590 g/mol. The summed E-state index contributed by atoms with van der Waals surface area (Å²) in [6.07, 6.45) is 7.18. The van der Waals surface area contributed by atoms with Crippen LogP contribution in [-0.4, -0.2) is 120 Å². The first-order chi connectivity index (χ1) is 20.2. The molecule has 1 N–H and O–H groups in total. The van der Waals surface area contributed by atoms with Gasteiger partial charge in [0, 0.05) is 32.7 Å². The van der Waals surface area contributed by atoms with Gasteiger partial charge in [-0.2, -0.15) is 0 Å². The van der Waals surface area contributed by atoms with Crippen molar-refractivity contribution in [2.75, 3.05) is 59.2 Å². The third kappa shape index (κ3) is 5.79. The van der Waals surface area contributed by atoms with Gasteiger partial charge >= 0.3 is 5.97 Å². The quantitative estimate of drug-likeness (QED) is 0.166. The van der Waals surface area contributed by atoms with Crippen LogP contribution in [0.3, 0.4) is 0 Å². The molecule has 10 nitrogen and oxygen atoms in total. The largest absolute Gasteiger partial charge is 0.465 e. The molecule has 4 fully saturated rings. The van der Waals surface area contributed by atoms with Gasteiger partial charge in [-0.25, -0.2) is 0 Å². The van der Waals surface area contributed by atoms with Crippen molar-refractivity contribution in [2.45, 2.75) is 82.6 Å². The number of hydrogen-bond acceptors (Lipinski definition) is 8. The third-order valence-corrected chi connectivity index (χ3v) is 10.2. The van der Waals surface area contributed by atoms with Gasteiger partial charge in [-0.1, -0.05) is 39.3 Å². The van der Waals surface area contributed by atoms with E-state index in [1.807, 2.05) is 20.8 Å². The summed E-state index contributed by atoms with van der Waals surface area (Å²) in [5, 5.41) is 10.6. The van der Waals surface area contributed by atoms with Gasteiger partial charge in [-0.05, 0) is 38.0 Å². The van der Waals surface area contributed by atoms with Crippen molar-refractivity contribution in [1.29, 1.82) is 0 Å². The number of allylic oxidation sites excluding steroid dienone is 1. The highest BCUT2D eigenvalue weighted by atomic mass is 16.6. The summed E-state index contributed by atoms with van der Waals surface area (Å²) in [6.45, 7) is 17.9. The minimum atomic E-state index is -1.16. The van der Waals surface area contributed by atoms with Gasteiger partial charge in [-0.15, -0.1) is 13.2 Å². The maximum absolute atomic E-state index is 14.7. The molecule has 0 radical (unpaired) electrons. The molecule has 4 aliphatic rings. The molecule has 42 heavy (non-hydrogen) atoms. The number of unbranched alkanes of at least 4 members (excludes halogenated alkanes) is 1. The normalized spacial score (nSPS) is 32.0. The number of aliphatic hydroxyl groups excluding tert-OH is 1. The van der Waals surface area contributed by atoms with E-state index >= 15 is 0 Å². The number of morpholine rings is 1. The van der Waals surface area contributed by atoms with Crippen molar-refractivity contribution in [3.05, 3.63) is 25.3 Å². The lowest BCUT2D eigenvalue weighted by atomic mass is 9.65. The van der Waals surface area contributed by atoms with Gasteiger partial charge in [-0.3, -0.25) is 19.3 Å². The second kappa shape index (κ2) is 14.0. The van der Waals surface area contributed by atoms with E-state index in [1.54, 1.807) is 22.0 Å². The smallest absolute Gasteiger partial charge is 0.312 e. The number of fused-ring (bicyclic) bond motifs is 1. The molecule has 2 amide bonds. The lowest BCUT2D eigenvalue weighted by molar-refractivity contribution is -0.164. The van der Waals surface area contributed by atoms with Crippen LogP contribution < -0.4 is 0 Å². The molecule has 4 aliphatic heterocycles. The molecule has 10 heteroatoms. The maximum Gasteiger partial charge on any atom is 0.312 e. The van der Waals surface area contributed by atoms with Gasteiger partial charge in [0.15, 0.2) is 0 Å². The molecule has 0 aliphatic carbocycles. The number of carbonyl (C=O) groups excluding carboxylic acids is 3. The standard InChI is InChI=1S/C32H51N3O7/c1-6-10-11-19-41-30(39)26-25-28(37)35(24(22-36)23(5)8-3)27(32(25)13-12-31(26,9-4)42-32)29(38)34(14-7-2)16-15-33-17-20-40-21-18-33/h6-7,23-27,36H,1-2,8-22H2,3-5H3/t23-,24-,25-,26-,27?,31+,32?/m0/s1. The number of nitrogens with zero attached hydrogens (tertiary/aromatic N) is 3. The Balaban J connectivity index is 1.71. The Bertz CT molecular complexity index is 1000. The fourth-order valence-corrected chi connectivity index (χ4v) is 7.66. The highest BCUT2D eigenvalue weighted by molar-refractivity contribution is 5.98. The molecule has 2 bridgehead atoms. The van der Waals surface area contributed by atoms with Gasteiger partial charge in [0.05, 0.1) is 44.0 Å². The van der Waals surface area contributed by atoms with Crippen LogP contribution in [0.25, 0.3) is 0 Å².